The molecule has 2 unspecified atom stereocenters. The van der Waals surface area contributed by atoms with Crippen molar-refractivity contribution in [2.75, 3.05) is 24.7 Å². The zero-order valence-electron chi connectivity index (χ0n) is 17.4. The van der Waals surface area contributed by atoms with Crippen LogP contribution in [0.3, 0.4) is 0 Å². The summed E-state index contributed by atoms with van der Waals surface area (Å²) < 4.78 is 5.88. The molecule has 0 aliphatic carbocycles. The van der Waals surface area contributed by atoms with E-state index in [1.807, 2.05) is 36.0 Å². The van der Waals surface area contributed by atoms with Gasteiger partial charge in [0.1, 0.15) is 5.01 Å². The Balaban J connectivity index is 1.42. The summed E-state index contributed by atoms with van der Waals surface area (Å²) in [5, 5.41) is 3.05. The normalized spacial score (nSPS) is 20.9. The summed E-state index contributed by atoms with van der Waals surface area (Å²) in [7, 11) is 0. The molecule has 0 radical (unpaired) electrons. The number of carbonyl (C=O) groups is 1. The molecule has 1 aromatic carbocycles. The molecule has 2 aliphatic rings. The zero-order valence-corrected chi connectivity index (χ0v) is 19.8. The molecule has 5 rings (SSSR count). The molecule has 0 spiro atoms. The summed E-state index contributed by atoms with van der Waals surface area (Å²) in [6.07, 6.45) is 3.84. The summed E-state index contributed by atoms with van der Waals surface area (Å²) in [4.78, 5) is 22.9. The van der Waals surface area contributed by atoms with Gasteiger partial charge in [-0.2, -0.15) is 11.8 Å². The first-order chi connectivity index (χ1) is 15.3. The number of aromatic nitrogens is 1. The molecule has 2 atom stereocenters. The van der Waals surface area contributed by atoms with Crippen LogP contribution in [0.4, 0.5) is 0 Å². The van der Waals surface area contributed by atoms with Crippen molar-refractivity contribution < 1.29 is 9.53 Å². The summed E-state index contributed by atoms with van der Waals surface area (Å²) in [6, 6.07) is 14.7. The van der Waals surface area contributed by atoms with Crippen molar-refractivity contribution in [2.45, 2.75) is 37.8 Å². The number of thiophene rings is 1. The fourth-order valence-electron chi connectivity index (χ4n) is 4.25. The molecular formula is C24H26N2O2S3. The number of hydrogen-bond acceptors (Lipinski definition) is 6. The predicted octanol–water partition coefficient (Wildman–Crippen LogP) is 5.59. The van der Waals surface area contributed by atoms with Crippen LogP contribution in [-0.2, 0) is 16.0 Å². The van der Waals surface area contributed by atoms with Gasteiger partial charge in [0.2, 0.25) is 5.91 Å². The van der Waals surface area contributed by atoms with Crippen molar-refractivity contribution >= 4 is 40.3 Å². The van der Waals surface area contributed by atoms with Gasteiger partial charge in [-0.15, -0.1) is 22.7 Å². The highest BCUT2D eigenvalue weighted by Gasteiger charge is 2.31. The number of ether oxygens (including phenoxy) is 1. The third-order valence-corrected chi connectivity index (χ3v) is 9.00. The van der Waals surface area contributed by atoms with Crippen molar-refractivity contribution in [1.82, 2.24) is 9.88 Å². The van der Waals surface area contributed by atoms with Gasteiger partial charge >= 0.3 is 0 Å². The topological polar surface area (TPSA) is 42.4 Å². The smallest absolute Gasteiger partial charge is 0.228 e. The van der Waals surface area contributed by atoms with E-state index in [1.54, 1.807) is 22.7 Å². The van der Waals surface area contributed by atoms with Crippen LogP contribution in [-0.4, -0.2) is 52.6 Å². The molecule has 7 heteroatoms. The minimum Gasteiger partial charge on any atom is -0.376 e. The second-order valence-electron chi connectivity index (χ2n) is 8.01. The number of carbonyl (C=O) groups excluding carboxylic acids is 1. The Hall–Kier alpha value is -1.67. The van der Waals surface area contributed by atoms with Crippen molar-refractivity contribution in [3.63, 3.8) is 0 Å². The minimum absolute atomic E-state index is 0.188. The van der Waals surface area contributed by atoms with Gasteiger partial charge in [0.05, 0.1) is 23.1 Å². The fourth-order valence-corrected chi connectivity index (χ4v) is 7.35. The van der Waals surface area contributed by atoms with E-state index >= 15 is 0 Å². The highest BCUT2D eigenvalue weighted by molar-refractivity contribution is 7.99. The molecule has 2 aliphatic heterocycles. The number of amides is 1. The monoisotopic (exact) mass is 470 g/mol. The van der Waals surface area contributed by atoms with Gasteiger partial charge in [0, 0.05) is 35.4 Å². The van der Waals surface area contributed by atoms with Crippen molar-refractivity contribution in [3.8, 4) is 21.1 Å². The number of benzene rings is 1. The first-order valence-electron chi connectivity index (χ1n) is 10.9. The maximum absolute atomic E-state index is 13.6. The van der Waals surface area contributed by atoms with Crippen LogP contribution in [0.25, 0.3) is 21.1 Å². The van der Waals surface area contributed by atoms with E-state index in [0.29, 0.717) is 12.5 Å². The fraction of sp³-hybridized carbons (Fsp3) is 0.417. The van der Waals surface area contributed by atoms with Crippen LogP contribution in [0, 0.1) is 0 Å². The number of thiazole rings is 1. The van der Waals surface area contributed by atoms with Gasteiger partial charge in [0.25, 0.3) is 0 Å². The molecular weight excluding hydrogens is 444 g/mol. The lowest BCUT2D eigenvalue weighted by Crippen LogP contribution is -2.45. The van der Waals surface area contributed by atoms with Crippen LogP contribution in [0.2, 0.25) is 0 Å². The van der Waals surface area contributed by atoms with Gasteiger partial charge in [-0.3, -0.25) is 4.79 Å². The average Bonchev–Trinajstić information content (AvgIpc) is 3.60. The lowest BCUT2D eigenvalue weighted by atomic mass is 10.1. The van der Waals surface area contributed by atoms with E-state index in [9.17, 15) is 4.79 Å². The molecule has 2 saturated heterocycles. The molecule has 0 bridgehead atoms. The molecule has 0 saturated carbocycles. The lowest BCUT2D eigenvalue weighted by molar-refractivity contribution is -0.134. The van der Waals surface area contributed by atoms with Crippen molar-refractivity contribution in [2.24, 2.45) is 0 Å². The van der Waals surface area contributed by atoms with Crippen LogP contribution < -0.4 is 0 Å². The quantitative estimate of drug-likeness (QED) is 0.451. The second-order valence-corrected chi connectivity index (χ2v) is 11.2. The predicted molar refractivity (Wildman–Crippen MR) is 131 cm³/mol. The summed E-state index contributed by atoms with van der Waals surface area (Å²) in [6.45, 7) is 1.55. The Morgan fingerprint density at radius 2 is 2.06 bits per heavy atom. The molecule has 4 nitrogen and oxygen atoms in total. The third-order valence-electron chi connectivity index (χ3n) is 5.88. The van der Waals surface area contributed by atoms with Crippen LogP contribution >= 0.6 is 34.4 Å². The van der Waals surface area contributed by atoms with E-state index in [0.717, 1.165) is 69.9 Å². The van der Waals surface area contributed by atoms with Gasteiger partial charge in [-0.05, 0) is 36.5 Å². The van der Waals surface area contributed by atoms with Crippen LogP contribution in [0.5, 0.6) is 0 Å². The summed E-state index contributed by atoms with van der Waals surface area (Å²) in [5.74, 6) is 2.39. The number of thioether (sulfide) groups is 1. The van der Waals surface area contributed by atoms with Crippen molar-refractivity contribution in [1.29, 1.82) is 0 Å². The van der Waals surface area contributed by atoms with Gasteiger partial charge < -0.3 is 9.64 Å². The molecule has 4 heterocycles. The first-order valence-corrected chi connectivity index (χ1v) is 13.7. The molecule has 2 aromatic heterocycles. The Labute approximate surface area is 195 Å². The summed E-state index contributed by atoms with van der Waals surface area (Å²) in [5.41, 5.74) is 2.07. The Morgan fingerprint density at radius 3 is 2.77 bits per heavy atom. The Kier molecular flexibility index (Phi) is 6.74. The molecule has 1 amide bonds. The van der Waals surface area contributed by atoms with E-state index in [-0.39, 0.29) is 12.0 Å². The summed E-state index contributed by atoms with van der Waals surface area (Å²) >= 11 is 5.29. The first kappa shape index (κ1) is 21.2. The minimum atomic E-state index is 0.188. The highest BCUT2D eigenvalue weighted by Crippen LogP contribution is 2.37. The van der Waals surface area contributed by atoms with E-state index in [4.69, 9.17) is 9.72 Å². The van der Waals surface area contributed by atoms with E-state index in [2.05, 4.69) is 28.5 Å². The van der Waals surface area contributed by atoms with Crippen LogP contribution in [0.15, 0.2) is 47.8 Å². The average molecular weight is 471 g/mol. The molecule has 31 heavy (non-hydrogen) atoms. The Morgan fingerprint density at radius 1 is 1.16 bits per heavy atom. The maximum Gasteiger partial charge on any atom is 0.228 e. The SMILES string of the molecule is O=C(Cc1sc(-c2ccccc2)nc1-c1cccs1)N(CC1CCCO1)C1CCSC1. The molecule has 3 aromatic rings. The molecule has 0 N–H and O–H groups in total. The largest absolute Gasteiger partial charge is 0.376 e. The van der Waals surface area contributed by atoms with Gasteiger partial charge in [-0.1, -0.05) is 36.4 Å². The highest BCUT2D eigenvalue weighted by atomic mass is 32.2. The van der Waals surface area contributed by atoms with Crippen LogP contribution in [0.1, 0.15) is 24.1 Å². The third kappa shape index (κ3) is 4.90. The zero-order chi connectivity index (χ0) is 21.0. The second kappa shape index (κ2) is 9.86. The number of rotatable bonds is 7. The molecule has 2 fully saturated rings. The lowest BCUT2D eigenvalue weighted by Gasteiger charge is -2.30. The van der Waals surface area contributed by atoms with E-state index < -0.39 is 0 Å². The standard InChI is InChI=1S/C24H26N2O2S3/c27-22(26(18-10-13-29-16-18)15-19-8-4-11-28-19)14-21-23(20-9-5-12-30-20)25-24(31-21)17-6-2-1-3-7-17/h1-3,5-7,9,12,18-19H,4,8,10-11,13-16H2. The maximum atomic E-state index is 13.6. The Bertz CT molecular complexity index is 991. The number of nitrogens with zero attached hydrogens (tertiary/aromatic N) is 2. The van der Waals surface area contributed by atoms with Gasteiger partial charge in [0.15, 0.2) is 0 Å². The molecule has 162 valence electrons. The van der Waals surface area contributed by atoms with E-state index in [1.165, 1.54) is 0 Å². The van der Waals surface area contributed by atoms with Crippen molar-refractivity contribution in [3.05, 3.63) is 52.7 Å². The van der Waals surface area contributed by atoms with Gasteiger partial charge in [-0.25, -0.2) is 4.98 Å². The number of hydrogen-bond donors (Lipinski definition) is 0.